The van der Waals surface area contributed by atoms with E-state index in [0.717, 1.165) is 37.2 Å². The highest BCUT2D eigenvalue weighted by Gasteiger charge is 2.18. The van der Waals surface area contributed by atoms with Gasteiger partial charge in [0.15, 0.2) is 9.84 Å². The van der Waals surface area contributed by atoms with Gasteiger partial charge >= 0.3 is 0 Å². The maximum atomic E-state index is 11.7. The van der Waals surface area contributed by atoms with Crippen LogP contribution in [0.3, 0.4) is 0 Å². The molecule has 22 heavy (non-hydrogen) atoms. The zero-order valence-electron chi connectivity index (χ0n) is 12.3. The van der Waals surface area contributed by atoms with E-state index < -0.39 is 9.84 Å². The predicted octanol–water partition coefficient (Wildman–Crippen LogP) is 2.74. The number of hydrogen-bond acceptors (Lipinski definition) is 4. The number of sulfone groups is 1. The lowest BCUT2D eigenvalue weighted by Gasteiger charge is -2.23. The van der Waals surface area contributed by atoms with Crippen LogP contribution in [0.2, 0.25) is 5.02 Å². The van der Waals surface area contributed by atoms with Gasteiger partial charge in [-0.2, -0.15) is 0 Å². The molecule has 1 aliphatic rings. The van der Waals surface area contributed by atoms with E-state index in [0.29, 0.717) is 9.92 Å². The minimum absolute atomic E-state index is 0.390. The van der Waals surface area contributed by atoms with Crippen LogP contribution in [0.5, 0.6) is 0 Å². The molecule has 0 spiro atoms. The third-order valence-electron chi connectivity index (χ3n) is 4.00. The second kappa shape index (κ2) is 5.89. The summed E-state index contributed by atoms with van der Waals surface area (Å²) < 4.78 is 23.4. The topological polar surface area (TPSA) is 50.3 Å². The lowest BCUT2D eigenvalue weighted by Crippen LogP contribution is -2.26. The molecule has 1 aromatic heterocycles. The minimum Gasteiger partial charge on any atom is -0.370 e. The first kappa shape index (κ1) is 15.3. The van der Waals surface area contributed by atoms with Crippen LogP contribution in [0.1, 0.15) is 11.1 Å². The Morgan fingerprint density at radius 1 is 1.14 bits per heavy atom. The Morgan fingerprint density at radius 3 is 2.55 bits per heavy atom. The lowest BCUT2D eigenvalue weighted by molar-refractivity contribution is 0.601. The van der Waals surface area contributed by atoms with Gasteiger partial charge in [0.25, 0.3) is 0 Å². The first-order valence-corrected chi connectivity index (χ1v) is 9.38. The molecule has 4 nitrogen and oxygen atoms in total. The molecule has 116 valence electrons. The van der Waals surface area contributed by atoms with Crippen LogP contribution in [-0.4, -0.2) is 32.7 Å². The van der Waals surface area contributed by atoms with Crippen molar-refractivity contribution in [1.29, 1.82) is 0 Å². The molecular weight excluding hydrogens is 320 g/mol. The fraction of sp³-hybridized carbons (Fsp3) is 0.312. The van der Waals surface area contributed by atoms with E-state index in [-0.39, 0.29) is 0 Å². The Hall–Kier alpha value is -1.59. The van der Waals surface area contributed by atoms with Gasteiger partial charge < -0.3 is 4.90 Å². The van der Waals surface area contributed by atoms with Gasteiger partial charge in [-0.3, -0.25) is 4.98 Å². The van der Waals surface area contributed by atoms with Crippen LogP contribution in [-0.2, 0) is 22.7 Å². The lowest BCUT2D eigenvalue weighted by atomic mass is 10.0. The summed E-state index contributed by atoms with van der Waals surface area (Å²) in [6, 6.07) is 7.36. The average molecular weight is 337 g/mol. The standard InChI is InChI=1S/C16H17ClN2O2S/c1-22(20,21)14-3-2-12-5-8-19(9-6-13(12)10-14)16-4-7-18-11-15(16)17/h2-4,7,10-11H,5-6,8-9H2,1H3. The van der Waals surface area contributed by atoms with Gasteiger partial charge in [-0.1, -0.05) is 17.7 Å². The van der Waals surface area contributed by atoms with Gasteiger partial charge in [0, 0.05) is 31.7 Å². The van der Waals surface area contributed by atoms with Crippen molar-refractivity contribution in [3.63, 3.8) is 0 Å². The van der Waals surface area contributed by atoms with Crippen LogP contribution in [0, 0.1) is 0 Å². The van der Waals surface area contributed by atoms with E-state index in [1.54, 1.807) is 18.5 Å². The average Bonchev–Trinajstić information content (AvgIpc) is 2.69. The molecule has 0 atom stereocenters. The molecule has 0 aliphatic carbocycles. The molecule has 1 aromatic carbocycles. The van der Waals surface area contributed by atoms with Crippen molar-refractivity contribution < 1.29 is 8.42 Å². The molecule has 0 fully saturated rings. The molecular formula is C16H17ClN2O2S. The summed E-state index contributed by atoms with van der Waals surface area (Å²) in [5.41, 5.74) is 3.29. The number of aromatic nitrogens is 1. The largest absolute Gasteiger partial charge is 0.370 e. The Bertz CT molecular complexity index is 806. The van der Waals surface area contributed by atoms with Crippen molar-refractivity contribution in [2.24, 2.45) is 0 Å². The molecule has 0 unspecified atom stereocenters. The zero-order valence-corrected chi connectivity index (χ0v) is 13.9. The summed E-state index contributed by atoms with van der Waals surface area (Å²) in [7, 11) is -3.16. The van der Waals surface area contributed by atoms with Crippen molar-refractivity contribution in [2.75, 3.05) is 24.2 Å². The van der Waals surface area contributed by atoms with Crippen LogP contribution >= 0.6 is 11.6 Å². The van der Waals surface area contributed by atoms with Crippen molar-refractivity contribution in [1.82, 2.24) is 4.98 Å². The number of nitrogens with zero attached hydrogens (tertiary/aromatic N) is 2. The molecule has 1 aliphatic heterocycles. The van der Waals surface area contributed by atoms with E-state index in [1.165, 1.54) is 11.8 Å². The first-order chi connectivity index (χ1) is 10.4. The second-order valence-electron chi connectivity index (χ2n) is 5.52. The monoisotopic (exact) mass is 336 g/mol. The van der Waals surface area contributed by atoms with Crippen LogP contribution in [0.25, 0.3) is 0 Å². The quantitative estimate of drug-likeness (QED) is 0.846. The summed E-state index contributed by atoms with van der Waals surface area (Å²) in [6.07, 6.45) is 6.31. The Balaban J connectivity index is 1.88. The number of hydrogen-bond donors (Lipinski definition) is 0. The molecule has 0 N–H and O–H groups in total. The number of anilines is 1. The molecule has 0 saturated heterocycles. The van der Waals surface area contributed by atoms with Gasteiger partial charge in [0.1, 0.15) is 0 Å². The van der Waals surface area contributed by atoms with E-state index >= 15 is 0 Å². The maximum absolute atomic E-state index is 11.7. The van der Waals surface area contributed by atoms with Crippen molar-refractivity contribution in [3.05, 3.63) is 52.8 Å². The first-order valence-electron chi connectivity index (χ1n) is 7.11. The van der Waals surface area contributed by atoms with E-state index in [1.807, 2.05) is 18.2 Å². The third-order valence-corrected chi connectivity index (χ3v) is 5.40. The Kier molecular flexibility index (Phi) is 4.10. The number of rotatable bonds is 2. The zero-order chi connectivity index (χ0) is 15.7. The molecule has 3 rings (SSSR count). The summed E-state index contributed by atoms with van der Waals surface area (Å²) in [5, 5.41) is 0.644. The van der Waals surface area contributed by atoms with Gasteiger partial charge in [-0.25, -0.2) is 8.42 Å². The van der Waals surface area contributed by atoms with E-state index in [2.05, 4.69) is 9.88 Å². The highest BCUT2D eigenvalue weighted by atomic mass is 35.5. The number of halogens is 1. The highest BCUT2D eigenvalue weighted by Crippen LogP contribution is 2.27. The summed E-state index contributed by atoms with van der Waals surface area (Å²) in [6.45, 7) is 1.67. The van der Waals surface area contributed by atoms with E-state index in [9.17, 15) is 8.42 Å². The Labute approximate surface area is 135 Å². The predicted molar refractivity (Wildman–Crippen MR) is 88.4 cm³/mol. The highest BCUT2D eigenvalue weighted by molar-refractivity contribution is 7.90. The van der Waals surface area contributed by atoms with E-state index in [4.69, 9.17) is 11.6 Å². The number of fused-ring (bicyclic) bond motifs is 1. The number of benzene rings is 1. The molecule has 0 amide bonds. The fourth-order valence-corrected chi connectivity index (χ4v) is 3.71. The van der Waals surface area contributed by atoms with Crippen LogP contribution in [0.15, 0.2) is 41.6 Å². The molecule has 0 radical (unpaired) electrons. The fourth-order valence-electron chi connectivity index (χ4n) is 2.80. The maximum Gasteiger partial charge on any atom is 0.175 e. The van der Waals surface area contributed by atoms with Gasteiger partial charge in [0.2, 0.25) is 0 Å². The van der Waals surface area contributed by atoms with Crippen molar-refractivity contribution in [2.45, 2.75) is 17.7 Å². The molecule has 6 heteroatoms. The molecule has 2 aromatic rings. The smallest absolute Gasteiger partial charge is 0.175 e. The van der Waals surface area contributed by atoms with Crippen molar-refractivity contribution in [3.8, 4) is 0 Å². The number of pyridine rings is 1. The van der Waals surface area contributed by atoms with Gasteiger partial charge in [-0.15, -0.1) is 0 Å². The normalized spacial score (nSPS) is 15.3. The SMILES string of the molecule is CS(=O)(=O)c1ccc2c(c1)CCN(c1ccncc1Cl)CC2. The summed E-state index contributed by atoms with van der Waals surface area (Å²) in [5.74, 6) is 0. The molecule has 0 bridgehead atoms. The third kappa shape index (κ3) is 3.10. The summed E-state index contributed by atoms with van der Waals surface area (Å²) in [4.78, 5) is 6.63. The van der Waals surface area contributed by atoms with Crippen LogP contribution in [0.4, 0.5) is 5.69 Å². The Morgan fingerprint density at radius 2 is 1.86 bits per heavy atom. The summed E-state index contributed by atoms with van der Waals surface area (Å²) >= 11 is 6.22. The second-order valence-corrected chi connectivity index (χ2v) is 7.94. The minimum atomic E-state index is -3.16. The van der Waals surface area contributed by atoms with Gasteiger partial charge in [-0.05, 0) is 42.2 Å². The molecule has 2 heterocycles. The van der Waals surface area contributed by atoms with Crippen LogP contribution < -0.4 is 4.90 Å². The molecule has 0 saturated carbocycles. The van der Waals surface area contributed by atoms with Crippen molar-refractivity contribution >= 4 is 27.1 Å². The van der Waals surface area contributed by atoms with Gasteiger partial charge in [0.05, 0.1) is 15.6 Å².